The summed E-state index contributed by atoms with van der Waals surface area (Å²) in [5, 5.41) is 8.82. The summed E-state index contributed by atoms with van der Waals surface area (Å²) in [6, 6.07) is 18.6. The molecule has 176 valence electrons. The fraction of sp³-hybridized carbons (Fsp3) is 0.160. The molecule has 0 aliphatic rings. The third kappa shape index (κ3) is 6.69. The number of anilines is 2. The molecule has 3 N–H and O–H groups in total. The summed E-state index contributed by atoms with van der Waals surface area (Å²) in [5.74, 6) is 0.292. The van der Waals surface area contributed by atoms with Gasteiger partial charge in [0.1, 0.15) is 11.5 Å². The Hall–Kier alpha value is -3.62. The molecule has 0 aromatic heterocycles. The Bertz CT molecular complexity index is 1200. The topological polar surface area (TPSA) is 88.7 Å². The predicted octanol–water partition coefficient (Wildman–Crippen LogP) is 5.52. The van der Waals surface area contributed by atoms with E-state index in [1.165, 1.54) is 7.11 Å². The highest BCUT2D eigenvalue weighted by Gasteiger charge is 2.14. The van der Waals surface area contributed by atoms with Crippen LogP contribution < -0.4 is 25.4 Å². The number of carbonyl (C=O) groups excluding carboxylic acids is 2. The molecule has 2 amide bonds. The van der Waals surface area contributed by atoms with Gasteiger partial charge in [-0.25, -0.2) is 0 Å². The molecule has 0 radical (unpaired) electrons. The summed E-state index contributed by atoms with van der Waals surface area (Å²) < 4.78 is 11.0. The van der Waals surface area contributed by atoms with Gasteiger partial charge in [0.25, 0.3) is 11.8 Å². The zero-order valence-electron chi connectivity index (χ0n) is 18.7. The monoisotopic (exact) mass is 497 g/mol. The number of thiocarbonyl (C=S) groups is 1. The number of methoxy groups -OCH3 is 1. The van der Waals surface area contributed by atoms with Gasteiger partial charge < -0.3 is 20.1 Å². The maximum Gasteiger partial charge on any atom is 0.257 e. The van der Waals surface area contributed by atoms with Gasteiger partial charge in [-0.3, -0.25) is 14.9 Å². The predicted molar refractivity (Wildman–Crippen MR) is 138 cm³/mol. The van der Waals surface area contributed by atoms with Crippen LogP contribution in [0.5, 0.6) is 11.5 Å². The Morgan fingerprint density at radius 3 is 2.50 bits per heavy atom. The standard InChI is InChI=1S/C25H24ClN3O4S/c1-3-13-33-18-8-6-7-16(14-18)23(30)29-25(34)27-17-11-12-21(22(15-17)32-2)28-24(31)19-9-4-5-10-20(19)26/h4-12,14-15H,3,13H2,1-2H3,(H,28,31)(H2,27,29,30,34). The minimum atomic E-state index is -0.366. The molecule has 0 heterocycles. The minimum absolute atomic E-state index is 0.111. The Morgan fingerprint density at radius 1 is 0.971 bits per heavy atom. The molecule has 0 bridgehead atoms. The fourth-order valence-corrected chi connectivity index (χ4v) is 3.42. The van der Waals surface area contributed by atoms with Crippen LogP contribution in [0.25, 0.3) is 0 Å². The molecule has 0 fully saturated rings. The third-order valence-electron chi connectivity index (χ3n) is 4.62. The zero-order chi connectivity index (χ0) is 24.5. The van der Waals surface area contributed by atoms with Gasteiger partial charge in [-0.15, -0.1) is 0 Å². The molecule has 0 saturated carbocycles. The Labute approximate surface area is 208 Å². The number of hydrogen-bond acceptors (Lipinski definition) is 5. The molecule has 3 aromatic rings. The van der Waals surface area contributed by atoms with E-state index in [0.29, 0.717) is 45.6 Å². The van der Waals surface area contributed by atoms with Crippen molar-refractivity contribution in [2.75, 3.05) is 24.4 Å². The molecule has 0 saturated heterocycles. The summed E-state index contributed by atoms with van der Waals surface area (Å²) in [7, 11) is 1.48. The molecular weight excluding hydrogens is 474 g/mol. The molecule has 9 heteroatoms. The largest absolute Gasteiger partial charge is 0.494 e. The summed E-state index contributed by atoms with van der Waals surface area (Å²) >= 11 is 11.4. The first-order chi connectivity index (χ1) is 16.4. The first-order valence-corrected chi connectivity index (χ1v) is 11.3. The van der Waals surface area contributed by atoms with E-state index in [1.54, 1.807) is 66.7 Å². The van der Waals surface area contributed by atoms with Gasteiger partial charge in [-0.1, -0.05) is 36.7 Å². The lowest BCUT2D eigenvalue weighted by molar-refractivity contribution is 0.0976. The van der Waals surface area contributed by atoms with Gasteiger partial charge in [0.2, 0.25) is 0 Å². The molecular formula is C25H24ClN3O4S. The van der Waals surface area contributed by atoms with Crippen LogP contribution in [0, 0.1) is 0 Å². The lowest BCUT2D eigenvalue weighted by Gasteiger charge is -2.14. The molecule has 3 aromatic carbocycles. The minimum Gasteiger partial charge on any atom is -0.494 e. The van der Waals surface area contributed by atoms with Gasteiger partial charge in [0.15, 0.2) is 5.11 Å². The van der Waals surface area contributed by atoms with Crippen LogP contribution >= 0.6 is 23.8 Å². The average molecular weight is 498 g/mol. The van der Waals surface area contributed by atoms with Crippen molar-refractivity contribution in [3.63, 3.8) is 0 Å². The molecule has 0 unspecified atom stereocenters. The zero-order valence-corrected chi connectivity index (χ0v) is 20.3. The molecule has 0 aliphatic heterocycles. The van der Waals surface area contributed by atoms with E-state index in [9.17, 15) is 9.59 Å². The number of hydrogen-bond donors (Lipinski definition) is 3. The molecule has 0 spiro atoms. The number of nitrogens with one attached hydrogen (secondary N) is 3. The summed E-state index contributed by atoms with van der Waals surface area (Å²) in [4.78, 5) is 25.1. The van der Waals surface area contributed by atoms with E-state index in [2.05, 4.69) is 16.0 Å². The number of ether oxygens (including phenoxy) is 2. The van der Waals surface area contributed by atoms with Crippen LogP contribution in [-0.4, -0.2) is 30.6 Å². The van der Waals surface area contributed by atoms with Gasteiger partial charge >= 0.3 is 0 Å². The second-order valence-corrected chi connectivity index (χ2v) is 7.95. The van der Waals surface area contributed by atoms with Crippen LogP contribution in [0.2, 0.25) is 5.02 Å². The third-order valence-corrected chi connectivity index (χ3v) is 5.16. The molecule has 3 rings (SSSR count). The van der Waals surface area contributed by atoms with Crippen molar-refractivity contribution in [1.82, 2.24) is 5.32 Å². The van der Waals surface area contributed by atoms with Crippen molar-refractivity contribution in [3.05, 3.63) is 82.9 Å². The smallest absolute Gasteiger partial charge is 0.257 e. The van der Waals surface area contributed by atoms with Crippen LogP contribution in [0.1, 0.15) is 34.1 Å². The maximum atomic E-state index is 12.6. The van der Waals surface area contributed by atoms with Crippen molar-refractivity contribution in [3.8, 4) is 11.5 Å². The first-order valence-electron chi connectivity index (χ1n) is 10.5. The molecule has 34 heavy (non-hydrogen) atoms. The quantitative estimate of drug-likeness (QED) is 0.355. The van der Waals surface area contributed by atoms with E-state index in [-0.39, 0.29) is 16.9 Å². The van der Waals surface area contributed by atoms with E-state index < -0.39 is 0 Å². The fourth-order valence-electron chi connectivity index (χ4n) is 2.99. The number of rotatable bonds is 8. The van der Waals surface area contributed by atoms with E-state index in [1.807, 2.05) is 6.92 Å². The van der Waals surface area contributed by atoms with Gasteiger partial charge in [0.05, 0.1) is 30.0 Å². The summed E-state index contributed by atoms with van der Waals surface area (Å²) in [5.41, 5.74) is 1.80. The normalized spacial score (nSPS) is 10.2. The number of carbonyl (C=O) groups is 2. The van der Waals surface area contributed by atoms with E-state index in [4.69, 9.17) is 33.3 Å². The highest BCUT2D eigenvalue weighted by molar-refractivity contribution is 7.80. The van der Waals surface area contributed by atoms with Crippen LogP contribution in [0.3, 0.4) is 0 Å². The first kappa shape index (κ1) is 25.0. The Balaban J connectivity index is 1.64. The van der Waals surface area contributed by atoms with E-state index >= 15 is 0 Å². The van der Waals surface area contributed by atoms with E-state index in [0.717, 1.165) is 6.42 Å². The summed E-state index contributed by atoms with van der Waals surface area (Å²) in [6.07, 6.45) is 0.871. The Kier molecular flexibility index (Phi) is 8.84. The molecule has 7 nitrogen and oxygen atoms in total. The lowest BCUT2D eigenvalue weighted by atomic mass is 10.2. The van der Waals surface area contributed by atoms with Crippen molar-refractivity contribution >= 4 is 52.1 Å². The number of amides is 2. The van der Waals surface area contributed by atoms with Crippen molar-refractivity contribution in [2.45, 2.75) is 13.3 Å². The van der Waals surface area contributed by atoms with Gasteiger partial charge in [0, 0.05) is 17.3 Å². The second kappa shape index (κ2) is 12.0. The van der Waals surface area contributed by atoms with Gasteiger partial charge in [-0.2, -0.15) is 0 Å². The van der Waals surface area contributed by atoms with Crippen LogP contribution in [-0.2, 0) is 0 Å². The number of benzene rings is 3. The highest BCUT2D eigenvalue weighted by atomic mass is 35.5. The highest BCUT2D eigenvalue weighted by Crippen LogP contribution is 2.29. The average Bonchev–Trinajstić information content (AvgIpc) is 2.84. The maximum absolute atomic E-state index is 12.6. The molecule has 0 aliphatic carbocycles. The van der Waals surface area contributed by atoms with Crippen LogP contribution in [0.4, 0.5) is 11.4 Å². The second-order valence-electron chi connectivity index (χ2n) is 7.13. The SMILES string of the molecule is CCCOc1cccc(C(=O)NC(=S)Nc2ccc(NC(=O)c3ccccc3Cl)c(OC)c2)c1. The van der Waals surface area contributed by atoms with Crippen molar-refractivity contribution in [1.29, 1.82) is 0 Å². The molecule has 0 atom stereocenters. The number of halogens is 1. The van der Waals surface area contributed by atoms with Crippen molar-refractivity contribution in [2.24, 2.45) is 0 Å². The summed E-state index contributed by atoms with van der Waals surface area (Å²) in [6.45, 7) is 2.58. The van der Waals surface area contributed by atoms with Gasteiger partial charge in [-0.05, 0) is 61.1 Å². The lowest BCUT2D eigenvalue weighted by Crippen LogP contribution is -2.34. The van der Waals surface area contributed by atoms with Crippen LogP contribution in [0.15, 0.2) is 66.7 Å². The Morgan fingerprint density at radius 2 is 1.76 bits per heavy atom. The van der Waals surface area contributed by atoms with Crippen molar-refractivity contribution < 1.29 is 19.1 Å².